The van der Waals surface area contributed by atoms with Crippen molar-refractivity contribution in [2.45, 2.75) is 11.9 Å². The first-order chi connectivity index (χ1) is 14.6. The van der Waals surface area contributed by atoms with Crippen molar-refractivity contribution >= 4 is 40.5 Å². The van der Waals surface area contributed by atoms with Crippen LogP contribution in [-0.2, 0) is 4.79 Å². The molecule has 0 unspecified atom stereocenters. The van der Waals surface area contributed by atoms with E-state index in [1.54, 1.807) is 41.2 Å². The number of benzene rings is 2. The van der Waals surface area contributed by atoms with Gasteiger partial charge in [-0.3, -0.25) is 4.79 Å². The summed E-state index contributed by atoms with van der Waals surface area (Å²) in [6.07, 6.45) is 3.47. The lowest BCUT2D eigenvalue weighted by atomic mass is 10.1. The Morgan fingerprint density at radius 3 is 2.80 bits per heavy atom. The molecule has 30 heavy (non-hydrogen) atoms. The minimum Gasteiger partial charge on any atom is -0.494 e. The smallest absolute Gasteiger partial charge is 0.234 e. The van der Waals surface area contributed by atoms with Gasteiger partial charge in [0.05, 0.1) is 23.6 Å². The highest BCUT2D eigenvalue weighted by atomic mass is 35.5. The maximum absolute atomic E-state index is 12.3. The Hall–Kier alpha value is -3.03. The van der Waals surface area contributed by atoms with Gasteiger partial charge in [-0.25, -0.2) is 9.50 Å². The number of fused-ring (bicyclic) bond motifs is 1. The number of aromatic nitrogens is 3. The number of halogens is 1. The molecule has 6 nitrogen and oxygen atoms in total. The van der Waals surface area contributed by atoms with E-state index in [-0.39, 0.29) is 11.7 Å². The minimum atomic E-state index is -0.127. The zero-order valence-electron chi connectivity index (χ0n) is 16.2. The van der Waals surface area contributed by atoms with E-state index in [1.165, 1.54) is 11.8 Å². The van der Waals surface area contributed by atoms with Crippen molar-refractivity contribution < 1.29 is 9.53 Å². The molecule has 0 atom stereocenters. The summed E-state index contributed by atoms with van der Waals surface area (Å²) in [7, 11) is 0. The third-order valence-electron chi connectivity index (χ3n) is 4.26. The van der Waals surface area contributed by atoms with Crippen molar-refractivity contribution in [2.75, 3.05) is 17.7 Å². The lowest BCUT2D eigenvalue weighted by Gasteiger charge is -2.05. The van der Waals surface area contributed by atoms with Crippen molar-refractivity contribution in [3.63, 3.8) is 0 Å². The Morgan fingerprint density at radius 1 is 1.20 bits per heavy atom. The molecule has 4 rings (SSSR count). The van der Waals surface area contributed by atoms with Crippen molar-refractivity contribution in [3.8, 4) is 17.0 Å². The van der Waals surface area contributed by atoms with Crippen LogP contribution < -0.4 is 10.1 Å². The molecule has 0 saturated heterocycles. The fourth-order valence-electron chi connectivity index (χ4n) is 2.94. The molecule has 0 radical (unpaired) electrons. The second kappa shape index (κ2) is 9.19. The summed E-state index contributed by atoms with van der Waals surface area (Å²) in [6.45, 7) is 2.59. The molecule has 2 aromatic heterocycles. The number of carbonyl (C=O) groups is 1. The molecule has 0 fully saturated rings. The summed E-state index contributed by atoms with van der Waals surface area (Å²) in [5.74, 6) is 0.925. The molecule has 2 aromatic carbocycles. The average Bonchev–Trinajstić information content (AvgIpc) is 3.18. The number of amides is 1. The number of hydrogen-bond donors (Lipinski definition) is 1. The highest BCUT2D eigenvalue weighted by molar-refractivity contribution is 8.00. The highest BCUT2D eigenvalue weighted by Gasteiger charge is 2.12. The van der Waals surface area contributed by atoms with Gasteiger partial charge >= 0.3 is 0 Å². The minimum absolute atomic E-state index is 0.127. The van der Waals surface area contributed by atoms with Crippen molar-refractivity contribution in [1.82, 2.24) is 14.6 Å². The quantitative estimate of drug-likeness (QED) is 0.403. The van der Waals surface area contributed by atoms with Crippen LogP contribution in [0.15, 0.2) is 72.0 Å². The Kier molecular flexibility index (Phi) is 6.21. The standard InChI is InChI=1S/C22H19ClN4O2S/c1-2-29-18-8-6-15(7-9-18)19-13-20-22(24-10-11-27(20)26-19)30-14-21(28)25-17-5-3-4-16(23)12-17/h3-13H,2,14H2,1H3,(H,25,28). The molecular weight excluding hydrogens is 420 g/mol. The van der Waals surface area contributed by atoms with Crippen LogP contribution in [0.25, 0.3) is 16.8 Å². The third-order valence-corrected chi connectivity index (χ3v) is 5.49. The number of anilines is 1. The first kappa shape index (κ1) is 20.3. The zero-order chi connectivity index (χ0) is 20.9. The maximum atomic E-state index is 12.3. The van der Waals surface area contributed by atoms with Gasteiger partial charge in [0.25, 0.3) is 0 Å². The summed E-state index contributed by atoms with van der Waals surface area (Å²) in [5.41, 5.74) is 3.33. The highest BCUT2D eigenvalue weighted by Crippen LogP contribution is 2.27. The van der Waals surface area contributed by atoms with Gasteiger partial charge in [-0.2, -0.15) is 5.10 Å². The predicted octanol–water partition coefficient (Wildman–Crippen LogP) is 5.18. The molecule has 8 heteroatoms. The van der Waals surface area contributed by atoms with Gasteiger partial charge in [-0.05, 0) is 55.5 Å². The number of nitrogens with zero attached hydrogens (tertiary/aromatic N) is 3. The van der Waals surface area contributed by atoms with Gasteiger partial charge in [0.15, 0.2) is 0 Å². The molecule has 2 heterocycles. The van der Waals surface area contributed by atoms with Gasteiger partial charge in [0.1, 0.15) is 10.8 Å². The number of hydrogen-bond acceptors (Lipinski definition) is 5. The van der Waals surface area contributed by atoms with Gasteiger partial charge in [0.2, 0.25) is 5.91 Å². The number of ether oxygens (including phenoxy) is 1. The molecule has 1 N–H and O–H groups in total. The monoisotopic (exact) mass is 438 g/mol. The molecule has 0 aliphatic heterocycles. The molecule has 0 aliphatic rings. The van der Waals surface area contributed by atoms with Gasteiger partial charge in [-0.15, -0.1) is 0 Å². The second-order valence-electron chi connectivity index (χ2n) is 6.40. The Balaban J connectivity index is 1.48. The van der Waals surface area contributed by atoms with Crippen molar-refractivity contribution in [1.29, 1.82) is 0 Å². The van der Waals surface area contributed by atoms with E-state index in [0.717, 1.165) is 27.5 Å². The summed E-state index contributed by atoms with van der Waals surface area (Å²) < 4.78 is 7.27. The number of carbonyl (C=O) groups excluding carboxylic acids is 1. The van der Waals surface area contributed by atoms with Crippen LogP contribution in [0.4, 0.5) is 5.69 Å². The van der Waals surface area contributed by atoms with E-state index in [0.29, 0.717) is 17.3 Å². The number of nitrogens with one attached hydrogen (secondary N) is 1. The summed E-state index contributed by atoms with van der Waals surface area (Å²) in [5, 5.41) is 8.79. The zero-order valence-corrected chi connectivity index (χ0v) is 17.8. The lowest BCUT2D eigenvalue weighted by Crippen LogP contribution is -2.14. The van der Waals surface area contributed by atoms with Crippen LogP contribution >= 0.6 is 23.4 Å². The Bertz CT molecular complexity index is 1180. The van der Waals surface area contributed by atoms with E-state index in [1.807, 2.05) is 37.3 Å². The van der Waals surface area contributed by atoms with Gasteiger partial charge in [-0.1, -0.05) is 29.4 Å². The molecular formula is C22H19ClN4O2S. The normalized spacial score (nSPS) is 10.9. The lowest BCUT2D eigenvalue weighted by molar-refractivity contribution is -0.113. The summed E-state index contributed by atoms with van der Waals surface area (Å²) >= 11 is 7.32. The molecule has 152 valence electrons. The fourth-order valence-corrected chi connectivity index (χ4v) is 3.90. The van der Waals surface area contributed by atoms with E-state index in [9.17, 15) is 4.79 Å². The SMILES string of the molecule is CCOc1ccc(-c2cc3c(SCC(=O)Nc4cccc(Cl)c4)nccn3n2)cc1. The molecule has 0 saturated carbocycles. The fraction of sp³-hybridized carbons (Fsp3) is 0.136. The molecule has 4 aromatic rings. The van der Waals surface area contributed by atoms with Crippen LogP contribution in [0.5, 0.6) is 5.75 Å². The molecule has 0 aliphatic carbocycles. The first-order valence-corrected chi connectivity index (χ1v) is 10.7. The van der Waals surface area contributed by atoms with E-state index >= 15 is 0 Å². The van der Waals surface area contributed by atoms with E-state index < -0.39 is 0 Å². The van der Waals surface area contributed by atoms with Crippen molar-refractivity contribution in [2.24, 2.45) is 0 Å². The van der Waals surface area contributed by atoms with Gasteiger partial charge < -0.3 is 10.1 Å². The summed E-state index contributed by atoms with van der Waals surface area (Å²) in [4.78, 5) is 16.7. The van der Waals surface area contributed by atoms with Crippen LogP contribution in [-0.4, -0.2) is 32.9 Å². The van der Waals surface area contributed by atoms with Crippen LogP contribution in [0.3, 0.4) is 0 Å². The van der Waals surface area contributed by atoms with E-state index in [4.69, 9.17) is 16.3 Å². The topological polar surface area (TPSA) is 68.5 Å². The number of thioether (sulfide) groups is 1. The van der Waals surface area contributed by atoms with Crippen molar-refractivity contribution in [3.05, 3.63) is 72.0 Å². The van der Waals surface area contributed by atoms with Crippen LogP contribution in [0.2, 0.25) is 5.02 Å². The summed E-state index contributed by atoms with van der Waals surface area (Å²) in [6, 6.07) is 16.8. The molecule has 1 amide bonds. The first-order valence-electron chi connectivity index (χ1n) is 9.38. The average molecular weight is 439 g/mol. The maximum Gasteiger partial charge on any atom is 0.234 e. The van der Waals surface area contributed by atoms with E-state index in [2.05, 4.69) is 15.4 Å². The second-order valence-corrected chi connectivity index (χ2v) is 7.80. The largest absolute Gasteiger partial charge is 0.494 e. The Morgan fingerprint density at radius 2 is 2.03 bits per heavy atom. The van der Waals surface area contributed by atoms with Crippen LogP contribution in [0.1, 0.15) is 6.92 Å². The molecule has 0 spiro atoms. The number of rotatable bonds is 7. The third kappa shape index (κ3) is 4.75. The Labute approximate surface area is 183 Å². The predicted molar refractivity (Wildman–Crippen MR) is 120 cm³/mol. The van der Waals surface area contributed by atoms with Crippen LogP contribution in [0, 0.1) is 0 Å². The molecule has 0 bridgehead atoms. The van der Waals surface area contributed by atoms with Gasteiger partial charge in [0, 0.05) is 28.7 Å².